The number of hydrogen-bond donors (Lipinski definition) is 2. The van der Waals surface area contributed by atoms with Crippen molar-refractivity contribution in [2.45, 2.75) is 11.8 Å². The van der Waals surface area contributed by atoms with Crippen LogP contribution >= 0.6 is 15.9 Å². The molecule has 1 aromatic carbocycles. The van der Waals surface area contributed by atoms with E-state index in [4.69, 9.17) is 10.5 Å². The maximum atomic E-state index is 12.3. The molecule has 20 heavy (non-hydrogen) atoms. The molecule has 114 valence electrons. The molecule has 8 heteroatoms. The molecule has 0 bridgehead atoms. The molecule has 0 saturated carbocycles. The van der Waals surface area contributed by atoms with Gasteiger partial charge in [0.25, 0.3) is 0 Å². The summed E-state index contributed by atoms with van der Waals surface area (Å²) in [6.07, 6.45) is 0. The zero-order valence-electron chi connectivity index (χ0n) is 11.8. The van der Waals surface area contributed by atoms with Crippen LogP contribution in [0, 0.1) is 0 Å². The van der Waals surface area contributed by atoms with Gasteiger partial charge in [0.05, 0.1) is 7.11 Å². The van der Waals surface area contributed by atoms with Gasteiger partial charge in [0.1, 0.15) is 10.6 Å². The number of sulfonamides is 1. The van der Waals surface area contributed by atoms with E-state index in [0.29, 0.717) is 23.2 Å². The number of benzene rings is 1. The number of anilines is 1. The van der Waals surface area contributed by atoms with Gasteiger partial charge in [0, 0.05) is 23.2 Å². The Kier molecular flexibility index (Phi) is 6.25. The Hall–Kier alpha value is -0.830. The van der Waals surface area contributed by atoms with Crippen LogP contribution < -0.4 is 15.2 Å². The van der Waals surface area contributed by atoms with E-state index in [2.05, 4.69) is 20.7 Å². The summed E-state index contributed by atoms with van der Waals surface area (Å²) in [4.78, 5) is 2.05. The van der Waals surface area contributed by atoms with E-state index in [9.17, 15) is 8.42 Å². The van der Waals surface area contributed by atoms with Gasteiger partial charge in [-0.3, -0.25) is 0 Å². The normalized spacial score (nSPS) is 11.8. The van der Waals surface area contributed by atoms with Gasteiger partial charge in [-0.25, -0.2) is 13.1 Å². The summed E-state index contributed by atoms with van der Waals surface area (Å²) in [5.41, 5.74) is 6.08. The van der Waals surface area contributed by atoms with Crippen molar-refractivity contribution in [1.82, 2.24) is 9.62 Å². The van der Waals surface area contributed by atoms with Crippen LogP contribution in [-0.4, -0.2) is 47.1 Å². The minimum Gasteiger partial charge on any atom is -0.495 e. The number of nitrogens with two attached hydrogens (primary N) is 1. The quantitative estimate of drug-likeness (QED) is 0.710. The molecule has 0 fully saturated rings. The number of hydrogen-bond acceptors (Lipinski definition) is 5. The smallest absolute Gasteiger partial charge is 0.244 e. The van der Waals surface area contributed by atoms with Crippen molar-refractivity contribution in [3.63, 3.8) is 0 Å². The first-order valence-electron chi connectivity index (χ1n) is 6.13. The number of likely N-dealkylation sites (N-methyl/N-ethyl adjacent to an activating group) is 1. The Morgan fingerprint density at radius 1 is 1.45 bits per heavy atom. The largest absolute Gasteiger partial charge is 0.495 e. The number of halogens is 1. The predicted octanol–water partition coefficient (Wildman–Crippen LogP) is 1.27. The zero-order valence-corrected chi connectivity index (χ0v) is 14.2. The van der Waals surface area contributed by atoms with E-state index in [1.54, 1.807) is 6.07 Å². The van der Waals surface area contributed by atoms with Gasteiger partial charge in [0.2, 0.25) is 10.0 Å². The lowest BCUT2D eigenvalue weighted by Gasteiger charge is -2.15. The van der Waals surface area contributed by atoms with Crippen molar-refractivity contribution in [3.8, 4) is 5.75 Å². The summed E-state index contributed by atoms with van der Waals surface area (Å²) in [6.45, 7) is 3.82. The second kappa shape index (κ2) is 7.26. The van der Waals surface area contributed by atoms with Crippen molar-refractivity contribution >= 4 is 31.6 Å². The van der Waals surface area contributed by atoms with Gasteiger partial charge in [-0.15, -0.1) is 0 Å². The van der Waals surface area contributed by atoms with Crippen LogP contribution in [-0.2, 0) is 10.0 Å². The maximum absolute atomic E-state index is 12.3. The van der Waals surface area contributed by atoms with Gasteiger partial charge in [-0.2, -0.15) is 0 Å². The van der Waals surface area contributed by atoms with Crippen LogP contribution in [0.4, 0.5) is 5.69 Å². The fourth-order valence-electron chi connectivity index (χ4n) is 1.53. The van der Waals surface area contributed by atoms with Gasteiger partial charge < -0.3 is 15.4 Å². The highest BCUT2D eigenvalue weighted by atomic mass is 79.9. The summed E-state index contributed by atoms with van der Waals surface area (Å²) in [5.74, 6) is 0.252. The van der Waals surface area contributed by atoms with Crippen molar-refractivity contribution < 1.29 is 13.2 Å². The lowest BCUT2D eigenvalue weighted by molar-refractivity contribution is 0.357. The Labute approximate surface area is 128 Å². The van der Waals surface area contributed by atoms with Crippen LogP contribution in [0.15, 0.2) is 21.5 Å². The molecule has 1 aromatic rings. The van der Waals surface area contributed by atoms with E-state index >= 15 is 0 Å². The molecule has 0 aromatic heterocycles. The summed E-state index contributed by atoms with van der Waals surface area (Å²) in [5, 5.41) is 0. The first-order chi connectivity index (χ1) is 9.31. The maximum Gasteiger partial charge on any atom is 0.244 e. The number of nitrogens with one attached hydrogen (secondary N) is 1. The summed E-state index contributed by atoms with van der Waals surface area (Å²) >= 11 is 3.24. The SMILES string of the molecule is CCN(C)CCNS(=O)(=O)c1cc(N)c(Br)cc1OC. The minimum absolute atomic E-state index is 0.0415. The Morgan fingerprint density at radius 3 is 2.65 bits per heavy atom. The molecule has 0 spiro atoms. The summed E-state index contributed by atoms with van der Waals surface area (Å²) < 4.78 is 32.8. The third-order valence-electron chi connectivity index (χ3n) is 2.90. The molecule has 6 nitrogen and oxygen atoms in total. The third kappa shape index (κ3) is 4.34. The summed E-state index contributed by atoms with van der Waals surface area (Å²) in [7, 11) is -0.307. The Bertz CT molecular complexity index is 563. The van der Waals surface area contributed by atoms with Gasteiger partial charge in [-0.05, 0) is 41.7 Å². The highest BCUT2D eigenvalue weighted by Crippen LogP contribution is 2.32. The standard InChI is InChI=1S/C12H20BrN3O3S/c1-4-16(2)6-5-15-20(17,18)12-8-10(14)9(13)7-11(12)19-3/h7-8,15H,4-6,14H2,1-3H3. The Morgan fingerprint density at radius 2 is 2.10 bits per heavy atom. The fourth-order valence-corrected chi connectivity index (χ4v) is 3.05. The van der Waals surface area contributed by atoms with E-state index < -0.39 is 10.0 Å². The van der Waals surface area contributed by atoms with E-state index in [-0.39, 0.29) is 10.6 Å². The topological polar surface area (TPSA) is 84.7 Å². The fraction of sp³-hybridized carbons (Fsp3) is 0.500. The molecule has 0 radical (unpaired) electrons. The molecular weight excluding hydrogens is 346 g/mol. The van der Waals surface area contributed by atoms with Crippen molar-refractivity contribution in [3.05, 3.63) is 16.6 Å². The number of nitrogens with zero attached hydrogens (tertiary/aromatic N) is 1. The molecule has 0 unspecified atom stereocenters. The van der Waals surface area contributed by atoms with Gasteiger partial charge in [-0.1, -0.05) is 6.92 Å². The minimum atomic E-state index is -3.65. The van der Waals surface area contributed by atoms with E-state index in [0.717, 1.165) is 6.54 Å². The van der Waals surface area contributed by atoms with Gasteiger partial charge in [0.15, 0.2) is 0 Å². The third-order valence-corrected chi connectivity index (χ3v) is 5.07. The van der Waals surface area contributed by atoms with Crippen LogP contribution in [0.5, 0.6) is 5.75 Å². The van der Waals surface area contributed by atoms with Crippen LogP contribution in [0.25, 0.3) is 0 Å². The predicted molar refractivity (Wildman–Crippen MR) is 83.5 cm³/mol. The average Bonchev–Trinajstić information content (AvgIpc) is 2.40. The molecule has 0 aliphatic heterocycles. The van der Waals surface area contributed by atoms with Crippen LogP contribution in [0.1, 0.15) is 6.92 Å². The lowest BCUT2D eigenvalue weighted by atomic mass is 10.3. The van der Waals surface area contributed by atoms with Crippen molar-refractivity contribution in [1.29, 1.82) is 0 Å². The molecule has 0 heterocycles. The second-order valence-electron chi connectivity index (χ2n) is 4.32. The molecule has 3 N–H and O–H groups in total. The first-order valence-corrected chi connectivity index (χ1v) is 8.40. The molecule has 0 atom stereocenters. The Balaban J connectivity index is 2.95. The van der Waals surface area contributed by atoms with Crippen molar-refractivity contribution in [2.24, 2.45) is 0 Å². The van der Waals surface area contributed by atoms with Gasteiger partial charge >= 0.3 is 0 Å². The second-order valence-corrected chi connectivity index (χ2v) is 6.91. The molecule has 1 rings (SSSR count). The van der Waals surface area contributed by atoms with E-state index in [1.807, 2.05) is 18.9 Å². The molecule has 0 aliphatic carbocycles. The number of nitrogen functional groups attached to an aromatic ring is 1. The van der Waals surface area contributed by atoms with E-state index in [1.165, 1.54) is 13.2 Å². The lowest BCUT2D eigenvalue weighted by Crippen LogP contribution is -2.33. The number of rotatable bonds is 7. The van der Waals surface area contributed by atoms with Crippen LogP contribution in [0.2, 0.25) is 0 Å². The average molecular weight is 366 g/mol. The molecule has 0 amide bonds. The number of methoxy groups -OCH3 is 1. The number of ether oxygens (including phenoxy) is 1. The monoisotopic (exact) mass is 365 g/mol. The highest BCUT2D eigenvalue weighted by molar-refractivity contribution is 9.10. The molecule has 0 aliphatic rings. The van der Waals surface area contributed by atoms with Crippen molar-refractivity contribution in [2.75, 3.05) is 39.5 Å². The highest BCUT2D eigenvalue weighted by Gasteiger charge is 2.20. The zero-order chi connectivity index (χ0) is 15.3. The summed E-state index contributed by atoms with van der Waals surface area (Å²) in [6, 6.07) is 2.93. The molecular formula is C12H20BrN3O3S. The van der Waals surface area contributed by atoms with Crippen LogP contribution in [0.3, 0.4) is 0 Å². The molecule has 0 saturated heterocycles. The first kappa shape index (κ1) is 17.2.